The van der Waals surface area contributed by atoms with Crippen LogP contribution in [0.2, 0.25) is 0 Å². The number of aromatic nitrogens is 1. The van der Waals surface area contributed by atoms with E-state index in [1.807, 2.05) is 13.8 Å². The van der Waals surface area contributed by atoms with Gasteiger partial charge in [0.1, 0.15) is 5.76 Å². The fraction of sp³-hybridized carbons (Fsp3) is 0.267. The van der Waals surface area contributed by atoms with E-state index in [-0.39, 0.29) is 27.8 Å². The van der Waals surface area contributed by atoms with Crippen LogP contribution in [0.3, 0.4) is 0 Å². The summed E-state index contributed by atoms with van der Waals surface area (Å²) in [5, 5.41) is 15.1. The zero-order chi connectivity index (χ0) is 18.1. The molecule has 8 nitrogen and oxygen atoms in total. The quantitative estimate of drug-likeness (QED) is 0.844. The van der Waals surface area contributed by atoms with Gasteiger partial charge in [-0.2, -0.15) is 0 Å². The van der Waals surface area contributed by atoms with E-state index in [4.69, 9.17) is 9.63 Å². The van der Waals surface area contributed by atoms with Gasteiger partial charge < -0.3 is 14.9 Å². The molecule has 1 aromatic heterocycles. The number of amides is 1. The number of carboxylic acids is 1. The monoisotopic (exact) mass is 352 g/mol. The number of hydrogen-bond donors (Lipinski definition) is 2. The number of hydrogen-bond acceptors (Lipinski definition) is 6. The van der Waals surface area contributed by atoms with Crippen molar-refractivity contribution in [2.75, 3.05) is 11.6 Å². The van der Waals surface area contributed by atoms with Crippen LogP contribution in [0.5, 0.6) is 0 Å². The van der Waals surface area contributed by atoms with Gasteiger partial charge in [0.25, 0.3) is 5.91 Å². The van der Waals surface area contributed by atoms with Crippen molar-refractivity contribution in [1.29, 1.82) is 0 Å². The minimum absolute atomic E-state index is 0.0142. The average molecular weight is 352 g/mol. The minimum atomic E-state index is -3.64. The molecule has 0 fully saturated rings. The summed E-state index contributed by atoms with van der Waals surface area (Å²) in [7, 11) is -3.64. The Labute approximate surface area is 138 Å². The van der Waals surface area contributed by atoms with Crippen LogP contribution in [-0.2, 0) is 9.84 Å². The van der Waals surface area contributed by atoms with Crippen LogP contribution in [0.15, 0.2) is 33.7 Å². The van der Waals surface area contributed by atoms with Gasteiger partial charge in [-0.1, -0.05) is 19.0 Å². The Bertz CT molecular complexity index is 898. The molecular formula is C15H16N2O6S. The number of carbonyl (C=O) groups is 2. The second-order valence-electron chi connectivity index (χ2n) is 5.55. The van der Waals surface area contributed by atoms with Gasteiger partial charge in [-0.15, -0.1) is 0 Å². The highest BCUT2D eigenvalue weighted by Crippen LogP contribution is 2.21. The summed E-state index contributed by atoms with van der Waals surface area (Å²) in [5.74, 6) is -1.37. The van der Waals surface area contributed by atoms with Crippen LogP contribution in [-0.4, -0.2) is 36.8 Å². The molecular weight excluding hydrogens is 336 g/mol. The number of nitrogens with one attached hydrogen (secondary N) is 1. The molecule has 0 atom stereocenters. The van der Waals surface area contributed by atoms with Gasteiger partial charge >= 0.3 is 5.97 Å². The average Bonchev–Trinajstić information content (AvgIpc) is 2.96. The number of sulfone groups is 1. The number of carbonyl (C=O) groups excluding carboxylic acids is 1. The predicted octanol–water partition coefficient (Wildman–Crippen LogP) is 2.15. The molecule has 1 heterocycles. The number of rotatable bonds is 5. The summed E-state index contributed by atoms with van der Waals surface area (Å²) in [4.78, 5) is 23.1. The molecule has 0 spiro atoms. The van der Waals surface area contributed by atoms with Gasteiger partial charge in [-0.05, 0) is 18.2 Å². The maximum atomic E-state index is 12.2. The number of carboxylic acid groups (broad SMARTS) is 1. The van der Waals surface area contributed by atoms with E-state index in [9.17, 15) is 18.0 Å². The number of anilines is 1. The Morgan fingerprint density at radius 3 is 2.38 bits per heavy atom. The van der Waals surface area contributed by atoms with E-state index in [0.717, 1.165) is 12.3 Å². The van der Waals surface area contributed by atoms with Gasteiger partial charge in [0.2, 0.25) is 0 Å². The van der Waals surface area contributed by atoms with E-state index >= 15 is 0 Å². The minimum Gasteiger partial charge on any atom is -0.478 e. The van der Waals surface area contributed by atoms with Crippen LogP contribution >= 0.6 is 0 Å². The van der Waals surface area contributed by atoms with Gasteiger partial charge in [-0.3, -0.25) is 4.79 Å². The lowest BCUT2D eigenvalue weighted by atomic mass is 10.1. The summed E-state index contributed by atoms with van der Waals surface area (Å²) < 4.78 is 28.3. The molecule has 0 saturated heterocycles. The van der Waals surface area contributed by atoms with Crippen LogP contribution in [0.4, 0.5) is 5.69 Å². The molecule has 128 valence electrons. The highest BCUT2D eigenvalue weighted by Gasteiger charge is 2.18. The molecule has 0 aliphatic heterocycles. The highest BCUT2D eigenvalue weighted by atomic mass is 32.2. The van der Waals surface area contributed by atoms with Crippen molar-refractivity contribution in [2.45, 2.75) is 24.7 Å². The Morgan fingerprint density at radius 2 is 1.88 bits per heavy atom. The summed E-state index contributed by atoms with van der Waals surface area (Å²) in [5.41, 5.74) is -0.203. The third-order valence-electron chi connectivity index (χ3n) is 3.17. The first-order valence-corrected chi connectivity index (χ1v) is 8.83. The molecule has 2 N–H and O–H groups in total. The zero-order valence-corrected chi connectivity index (χ0v) is 14.0. The SMILES string of the molecule is CC(C)c1cc(C(=O)Nc2cc(C(=O)O)cc(S(C)(=O)=O)c2)no1. The smallest absolute Gasteiger partial charge is 0.335 e. The molecule has 0 unspecified atom stereocenters. The Morgan fingerprint density at radius 1 is 1.21 bits per heavy atom. The molecule has 1 amide bonds. The molecule has 0 bridgehead atoms. The maximum Gasteiger partial charge on any atom is 0.335 e. The normalized spacial score (nSPS) is 11.5. The number of benzene rings is 1. The van der Waals surface area contributed by atoms with E-state index in [1.54, 1.807) is 0 Å². The second kappa shape index (κ2) is 6.44. The first-order chi connectivity index (χ1) is 11.1. The van der Waals surface area contributed by atoms with Crippen LogP contribution in [0.1, 0.15) is 46.4 Å². The fourth-order valence-electron chi connectivity index (χ4n) is 1.87. The molecule has 1 aromatic carbocycles. The molecule has 0 saturated carbocycles. The van der Waals surface area contributed by atoms with E-state index in [2.05, 4.69) is 10.5 Å². The van der Waals surface area contributed by atoms with E-state index in [0.29, 0.717) is 5.76 Å². The van der Waals surface area contributed by atoms with Gasteiger partial charge in [-0.25, -0.2) is 13.2 Å². The molecule has 9 heteroatoms. The summed E-state index contributed by atoms with van der Waals surface area (Å²) in [6.07, 6.45) is 0.951. The van der Waals surface area contributed by atoms with E-state index in [1.165, 1.54) is 18.2 Å². The van der Waals surface area contributed by atoms with Gasteiger partial charge in [0.15, 0.2) is 15.5 Å². The maximum absolute atomic E-state index is 12.2. The Hall–Kier alpha value is -2.68. The van der Waals surface area contributed by atoms with Crippen molar-refractivity contribution < 1.29 is 27.6 Å². The summed E-state index contributed by atoms with van der Waals surface area (Å²) >= 11 is 0. The fourth-order valence-corrected chi connectivity index (χ4v) is 2.55. The summed E-state index contributed by atoms with van der Waals surface area (Å²) in [6.45, 7) is 3.74. The van der Waals surface area contributed by atoms with Crippen molar-refractivity contribution >= 4 is 27.4 Å². The topological polar surface area (TPSA) is 127 Å². The second-order valence-corrected chi connectivity index (χ2v) is 7.56. The van der Waals surface area contributed by atoms with Gasteiger partial charge in [0, 0.05) is 23.9 Å². The van der Waals surface area contributed by atoms with Crippen molar-refractivity contribution in [3.63, 3.8) is 0 Å². The number of nitrogens with zero attached hydrogens (tertiary/aromatic N) is 1. The van der Waals surface area contributed by atoms with E-state index < -0.39 is 21.7 Å². The Balaban J connectivity index is 2.35. The van der Waals surface area contributed by atoms with Crippen LogP contribution in [0.25, 0.3) is 0 Å². The third-order valence-corrected chi connectivity index (χ3v) is 4.26. The lowest BCUT2D eigenvalue weighted by molar-refractivity contribution is 0.0696. The summed E-state index contributed by atoms with van der Waals surface area (Å²) in [6, 6.07) is 4.85. The first kappa shape index (κ1) is 17.7. The van der Waals surface area contributed by atoms with Crippen molar-refractivity contribution in [3.8, 4) is 0 Å². The van der Waals surface area contributed by atoms with Gasteiger partial charge in [0.05, 0.1) is 10.5 Å². The standard InChI is InChI=1S/C15H16N2O6S/c1-8(2)13-7-12(17-23-13)14(18)16-10-4-9(15(19)20)5-11(6-10)24(3,21)22/h4-8H,1-3H3,(H,16,18)(H,19,20). The lowest BCUT2D eigenvalue weighted by Crippen LogP contribution is -2.13. The molecule has 0 aliphatic carbocycles. The molecule has 0 radical (unpaired) electrons. The predicted molar refractivity (Wildman–Crippen MR) is 85.1 cm³/mol. The van der Waals surface area contributed by atoms with Crippen molar-refractivity contribution in [1.82, 2.24) is 5.16 Å². The number of aromatic carboxylic acids is 1. The zero-order valence-electron chi connectivity index (χ0n) is 13.2. The van der Waals surface area contributed by atoms with Crippen molar-refractivity contribution in [3.05, 3.63) is 41.3 Å². The molecule has 2 aromatic rings. The van der Waals surface area contributed by atoms with Crippen molar-refractivity contribution in [2.24, 2.45) is 0 Å². The van der Waals surface area contributed by atoms with Crippen LogP contribution < -0.4 is 5.32 Å². The highest BCUT2D eigenvalue weighted by molar-refractivity contribution is 7.90. The first-order valence-electron chi connectivity index (χ1n) is 6.94. The largest absolute Gasteiger partial charge is 0.478 e. The lowest BCUT2D eigenvalue weighted by Gasteiger charge is -2.07. The molecule has 24 heavy (non-hydrogen) atoms. The molecule has 0 aliphatic rings. The van der Waals surface area contributed by atoms with Crippen LogP contribution in [0, 0.1) is 0 Å². The Kier molecular flexibility index (Phi) is 4.74. The third kappa shape index (κ3) is 3.99. The molecule has 2 rings (SSSR count).